The predicted molar refractivity (Wildman–Crippen MR) is 109 cm³/mol. The van der Waals surface area contributed by atoms with Crippen molar-refractivity contribution in [2.24, 2.45) is 0 Å². The molecule has 0 aliphatic carbocycles. The first kappa shape index (κ1) is 18.9. The molecule has 0 radical (unpaired) electrons. The fourth-order valence-electron chi connectivity index (χ4n) is 3.53. The van der Waals surface area contributed by atoms with Crippen LogP contribution in [0.25, 0.3) is 28.0 Å². The molecule has 0 saturated heterocycles. The lowest BCUT2D eigenvalue weighted by molar-refractivity contribution is 0.168. The number of nitrogens with zero attached hydrogens (tertiary/aromatic N) is 5. The van der Waals surface area contributed by atoms with Crippen LogP contribution in [-0.4, -0.2) is 47.7 Å². The first-order valence-electron chi connectivity index (χ1n) is 9.32. The largest absolute Gasteiger partial charge is 0.495 e. The average molecular weight is 393 g/mol. The molecule has 4 aromatic heterocycles. The molecule has 0 aliphatic heterocycles. The number of rotatable bonds is 5. The van der Waals surface area contributed by atoms with E-state index in [4.69, 9.17) is 9.72 Å². The molecule has 0 amide bonds. The molecule has 0 aromatic carbocycles. The van der Waals surface area contributed by atoms with E-state index in [1.54, 1.807) is 47.9 Å². The van der Waals surface area contributed by atoms with Gasteiger partial charge in [-0.2, -0.15) is 5.10 Å². The molecule has 29 heavy (non-hydrogen) atoms. The van der Waals surface area contributed by atoms with Crippen LogP contribution in [0, 0.1) is 13.8 Å². The number of aryl methyl sites for hydroxylation is 2. The van der Waals surface area contributed by atoms with Crippen molar-refractivity contribution in [1.82, 2.24) is 24.3 Å². The maximum atomic E-state index is 10.9. The van der Waals surface area contributed by atoms with E-state index < -0.39 is 6.10 Å². The predicted octanol–water partition coefficient (Wildman–Crippen LogP) is 3.00. The number of aliphatic hydroxyl groups is 1. The minimum atomic E-state index is -0.510. The van der Waals surface area contributed by atoms with Gasteiger partial charge in [-0.25, -0.2) is 4.98 Å². The number of aromatic hydroxyl groups is 1. The molecule has 0 saturated carbocycles. The van der Waals surface area contributed by atoms with Gasteiger partial charge in [0, 0.05) is 24.0 Å². The lowest BCUT2D eigenvalue weighted by atomic mass is 10.1. The molecular weight excluding hydrogens is 370 g/mol. The van der Waals surface area contributed by atoms with Gasteiger partial charge < -0.3 is 14.9 Å². The Balaban J connectivity index is 1.86. The zero-order valence-corrected chi connectivity index (χ0v) is 16.8. The first-order valence-corrected chi connectivity index (χ1v) is 9.32. The van der Waals surface area contributed by atoms with Gasteiger partial charge >= 0.3 is 0 Å². The van der Waals surface area contributed by atoms with Gasteiger partial charge in [-0.3, -0.25) is 14.2 Å². The third kappa shape index (κ3) is 3.31. The van der Waals surface area contributed by atoms with E-state index in [9.17, 15) is 10.2 Å². The van der Waals surface area contributed by atoms with Crippen LogP contribution in [0.5, 0.6) is 11.6 Å². The molecule has 0 spiro atoms. The van der Waals surface area contributed by atoms with Gasteiger partial charge in [-0.1, -0.05) is 0 Å². The van der Waals surface area contributed by atoms with E-state index in [0.717, 1.165) is 22.5 Å². The van der Waals surface area contributed by atoms with Crippen LogP contribution in [0.1, 0.15) is 18.2 Å². The average Bonchev–Trinajstić information content (AvgIpc) is 3.23. The summed E-state index contributed by atoms with van der Waals surface area (Å²) in [6, 6.07) is 5.61. The van der Waals surface area contributed by atoms with Crippen molar-refractivity contribution in [3.63, 3.8) is 0 Å². The van der Waals surface area contributed by atoms with Crippen LogP contribution in [0.15, 0.2) is 36.8 Å². The lowest BCUT2D eigenvalue weighted by Crippen LogP contribution is -2.12. The second-order valence-corrected chi connectivity index (χ2v) is 7.15. The second kappa shape index (κ2) is 7.21. The summed E-state index contributed by atoms with van der Waals surface area (Å²) in [6.07, 6.45) is 4.65. The number of hydrogen-bond donors (Lipinski definition) is 2. The molecule has 4 aromatic rings. The summed E-state index contributed by atoms with van der Waals surface area (Å²) in [7, 11) is 1.60. The highest BCUT2D eigenvalue weighted by Gasteiger charge is 2.21. The molecule has 8 nitrogen and oxygen atoms in total. The van der Waals surface area contributed by atoms with Gasteiger partial charge in [0.2, 0.25) is 5.88 Å². The highest BCUT2D eigenvalue weighted by atomic mass is 16.5. The summed E-state index contributed by atoms with van der Waals surface area (Å²) >= 11 is 0. The molecule has 150 valence electrons. The van der Waals surface area contributed by atoms with Gasteiger partial charge in [-0.05, 0) is 38.5 Å². The number of fused-ring (bicyclic) bond motifs is 1. The molecular formula is C21H23N5O3. The van der Waals surface area contributed by atoms with E-state index in [1.807, 2.05) is 26.0 Å². The molecule has 4 rings (SSSR count). The number of ether oxygens (including phenoxy) is 1. The van der Waals surface area contributed by atoms with E-state index in [1.165, 1.54) is 0 Å². The van der Waals surface area contributed by atoms with Gasteiger partial charge in [-0.15, -0.1) is 0 Å². The van der Waals surface area contributed by atoms with Crippen LogP contribution >= 0.6 is 0 Å². The topological polar surface area (TPSA) is 98.2 Å². The summed E-state index contributed by atoms with van der Waals surface area (Å²) in [6.45, 7) is 5.92. The van der Waals surface area contributed by atoms with Crippen LogP contribution in [0.3, 0.4) is 0 Å². The fraction of sp³-hybridized carbons (Fsp3) is 0.286. The normalized spacial score (nSPS) is 12.4. The van der Waals surface area contributed by atoms with Crippen molar-refractivity contribution in [3.05, 3.63) is 48.0 Å². The van der Waals surface area contributed by atoms with Gasteiger partial charge in [0.05, 0.1) is 48.2 Å². The zero-order chi connectivity index (χ0) is 20.7. The standard InChI is InChI=1S/C21H23N5O3/c1-12-7-17(15-8-16(29-4)10-22-9-15)23-20-14(3)26(21(28)19(12)20)18-5-6-25(24-18)11-13(2)27/h5-10,13,27-28H,11H2,1-4H3. The highest BCUT2D eigenvalue weighted by Crippen LogP contribution is 2.36. The second-order valence-electron chi connectivity index (χ2n) is 7.15. The molecule has 8 heteroatoms. The van der Waals surface area contributed by atoms with E-state index in [0.29, 0.717) is 29.0 Å². The zero-order valence-electron chi connectivity index (χ0n) is 16.8. The molecule has 0 fully saturated rings. The summed E-state index contributed by atoms with van der Waals surface area (Å²) in [5.74, 6) is 1.32. The third-order valence-electron chi connectivity index (χ3n) is 4.88. The van der Waals surface area contributed by atoms with Crippen molar-refractivity contribution in [2.75, 3.05) is 7.11 Å². The number of aromatic nitrogens is 5. The number of aliphatic hydroxyl groups excluding tert-OH is 1. The molecule has 1 atom stereocenters. The SMILES string of the molecule is COc1cncc(-c2cc(C)c3c(O)n(-c4ccn(CC(C)O)n4)c(C)c3n2)c1. The van der Waals surface area contributed by atoms with Gasteiger partial charge in [0.15, 0.2) is 5.82 Å². The molecule has 4 heterocycles. The van der Waals surface area contributed by atoms with E-state index in [-0.39, 0.29) is 5.88 Å². The minimum absolute atomic E-state index is 0.0973. The monoisotopic (exact) mass is 393 g/mol. The van der Waals surface area contributed by atoms with Crippen LogP contribution < -0.4 is 4.74 Å². The summed E-state index contributed by atoms with van der Waals surface area (Å²) in [5, 5.41) is 25.7. The Morgan fingerprint density at radius 2 is 2.00 bits per heavy atom. The number of hydrogen-bond acceptors (Lipinski definition) is 6. The number of methoxy groups -OCH3 is 1. The minimum Gasteiger partial charge on any atom is -0.495 e. The van der Waals surface area contributed by atoms with Crippen LogP contribution in [0.4, 0.5) is 0 Å². The van der Waals surface area contributed by atoms with Crippen molar-refractivity contribution >= 4 is 10.9 Å². The Morgan fingerprint density at radius 1 is 1.21 bits per heavy atom. The van der Waals surface area contributed by atoms with Crippen molar-refractivity contribution < 1.29 is 14.9 Å². The maximum absolute atomic E-state index is 10.9. The Bertz CT molecular complexity index is 1190. The Kier molecular flexibility index (Phi) is 4.71. The smallest absolute Gasteiger partial charge is 0.207 e. The van der Waals surface area contributed by atoms with Crippen molar-refractivity contribution in [3.8, 4) is 28.7 Å². The summed E-state index contributed by atoms with van der Waals surface area (Å²) in [5.41, 5.74) is 3.96. The molecule has 1 unspecified atom stereocenters. The third-order valence-corrected chi connectivity index (χ3v) is 4.88. The number of pyridine rings is 2. The van der Waals surface area contributed by atoms with Crippen molar-refractivity contribution in [2.45, 2.75) is 33.4 Å². The van der Waals surface area contributed by atoms with Gasteiger partial charge in [0.25, 0.3) is 0 Å². The molecule has 0 bridgehead atoms. The molecule has 0 aliphatic rings. The van der Waals surface area contributed by atoms with E-state index >= 15 is 0 Å². The van der Waals surface area contributed by atoms with Gasteiger partial charge in [0.1, 0.15) is 5.75 Å². The van der Waals surface area contributed by atoms with E-state index in [2.05, 4.69) is 10.1 Å². The maximum Gasteiger partial charge on any atom is 0.207 e. The Labute approximate surface area is 168 Å². The molecule has 2 N–H and O–H groups in total. The van der Waals surface area contributed by atoms with Crippen LogP contribution in [-0.2, 0) is 6.54 Å². The summed E-state index contributed by atoms with van der Waals surface area (Å²) in [4.78, 5) is 9.00. The highest BCUT2D eigenvalue weighted by molar-refractivity contribution is 5.93. The Morgan fingerprint density at radius 3 is 2.72 bits per heavy atom. The fourth-order valence-corrected chi connectivity index (χ4v) is 3.53. The van der Waals surface area contributed by atoms with Crippen molar-refractivity contribution in [1.29, 1.82) is 0 Å². The summed E-state index contributed by atoms with van der Waals surface area (Å²) < 4.78 is 8.59. The first-order chi connectivity index (χ1) is 13.9. The quantitative estimate of drug-likeness (QED) is 0.541. The van der Waals surface area contributed by atoms with Crippen LogP contribution in [0.2, 0.25) is 0 Å². The Hall–Kier alpha value is -3.39. The lowest BCUT2D eigenvalue weighted by Gasteiger charge is -2.06.